The van der Waals surface area contributed by atoms with Crippen LogP contribution in [-0.4, -0.2) is 36.2 Å². The Morgan fingerprint density at radius 3 is 2.70 bits per heavy atom. The Morgan fingerprint density at radius 2 is 1.97 bits per heavy atom. The first-order valence-corrected chi connectivity index (χ1v) is 10.1. The van der Waals surface area contributed by atoms with Crippen LogP contribution in [0, 0.1) is 19.8 Å². The average Bonchev–Trinajstić information content (AvgIpc) is 3.27. The summed E-state index contributed by atoms with van der Waals surface area (Å²) in [6.07, 6.45) is 1.73. The molecule has 1 N–H and O–H groups in total. The van der Waals surface area contributed by atoms with Crippen molar-refractivity contribution in [1.29, 1.82) is 0 Å². The van der Waals surface area contributed by atoms with Crippen molar-refractivity contribution in [3.8, 4) is 17.1 Å². The van der Waals surface area contributed by atoms with E-state index < -0.39 is 0 Å². The molecule has 0 radical (unpaired) electrons. The number of methoxy groups -OCH3 is 1. The van der Waals surface area contributed by atoms with Gasteiger partial charge in [0, 0.05) is 24.3 Å². The van der Waals surface area contributed by atoms with Crippen LogP contribution in [0.5, 0.6) is 5.75 Å². The summed E-state index contributed by atoms with van der Waals surface area (Å²) in [5.41, 5.74) is 4.06. The third kappa shape index (κ3) is 4.30. The molecule has 0 aliphatic carbocycles. The monoisotopic (exact) mass is 406 g/mol. The predicted molar refractivity (Wildman–Crippen MR) is 116 cm³/mol. The molecule has 30 heavy (non-hydrogen) atoms. The number of carbonyl (C=O) groups is 1. The summed E-state index contributed by atoms with van der Waals surface area (Å²) in [5, 5.41) is 7.15. The second-order valence-corrected chi connectivity index (χ2v) is 7.70. The van der Waals surface area contributed by atoms with Gasteiger partial charge in [-0.05, 0) is 74.2 Å². The summed E-state index contributed by atoms with van der Waals surface area (Å²) in [5.74, 6) is 1.19. The first-order chi connectivity index (χ1) is 14.5. The smallest absolute Gasteiger partial charge is 0.324 e. The van der Waals surface area contributed by atoms with Crippen LogP contribution in [0.25, 0.3) is 11.4 Å². The minimum absolute atomic E-state index is 0.0258. The predicted octanol–water partition coefficient (Wildman–Crippen LogP) is 4.22. The van der Waals surface area contributed by atoms with Gasteiger partial charge in [0.25, 0.3) is 0 Å². The van der Waals surface area contributed by atoms with Gasteiger partial charge in [0.1, 0.15) is 5.75 Å². The maximum atomic E-state index is 12.8. The molecule has 1 fully saturated rings. The maximum absolute atomic E-state index is 12.8. The van der Waals surface area contributed by atoms with E-state index in [4.69, 9.17) is 9.26 Å². The van der Waals surface area contributed by atoms with Crippen LogP contribution in [0.4, 0.5) is 11.7 Å². The molecule has 0 spiro atoms. The van der Waals surface area contributed by atoms with Crippen LogP contribution in [0.15, 0.2) is 47.0 Å². The number of carbonyl (C=O) groups excluding carboxylic acids is 1. The topological polar surface area (TPSA) is 80.5 Å². The minimum Gasteiger partial charge on any atom is -0.497 e. The summed E-state index contributed by atoms with van der Waals surface area (Å²) in [7, 11) is 1.63. The van der Waals surface area contributed by atoms with E-state index in [2.05, 4.69) is 22.4 Å². The van der Waals surface area contributed by atoms with Crippen LogP contribution in [0.1, 0.15) is 24.0 Å². The minimum atomic E-state index is -0.128. The summed E-state index contributed by atoms with van der Waals surface area (Å²) in [6, 6.07) is 13.9. The highest BCUT2D eigenvalue weighted by atomic mass is 16.5. The molecule has 1 atom stereocenters. The van der Waals surface area contributed by atoms with Crippen LogP contribution >= 0.6 is 0 Å². The van der Waals surface area contributed by atoms with Gasteiger partial charge in [0.05, 0.1) is 13.0 Å². The molecule has 1 saturated heterocycles. The number of amides is 1. The number of piperidine rings is 1. The quantitative estimate of drug-likeness (QED) is 0.683. The van der Waals surface area contributed by atoms with E-state index in [1.165, 1.54) is 5.56 Å². The number of hydrogen-bond acceptors (Lipinski definition) is 6. The molecule has 3 aromatic rings. The first-order valence-electron chi connectivity index (χ1n) is 10.1. The van der Waals surface area contributed by atoms with E-state index in [-0.39, 0.29) is 11.8 Å². The lowest BCUT2D eigenvalue weighted by atomic mass is 9.97. The Hall–Kier alpha value is -3.35. The normalized spacial score (nSPS) is 16.4. The lowest BCUT2D eigenvalue weighted by molar-refractivity contribution is -0.120. The zero-order valence-corrected chi connectivity index (χ0v) is 17.5. The maximum Gasteiger partial charge on any atom is 0.324 e. The van der Waals surface area contributed by atoms with Crippen molar-refractivity contribution in [2.24, 2.45) is 5.92 Å². The van der Waals surface area contributed by atoms with Gasteiger partial charge in [0.15, 0.2) is 0 Å². The van der Waals surface area contributed by atoms with Crippen molar-refractivity contribution < 1.29 is 14.1 Å². The molecule has 156 valence electrons. The molecule has 1 aliphatic rings. The zero-order chi connectivity index (χ0) is 21.1. The number of nitrogens with zero attached hydrogens (tertiary/aromatic N) is 3. The molecule has 1 aliphatic heterocycles. The van der Waals surface area contributed by atoms with Crippen LogP contribution < -0.4 is 15.0 Å². The summed E-state index contributed by atoms with van der Waals surface area (Å²) in [4.78, 5) is 19.3. The SMILES string of the molecule is COc1ccc(-c2noc(N3CCC[C@@H](C(=O)Nc4ccc(C)c(C)c4)C3)n2)cc1. The van der Waals surface area contributed by atoms with Crippen molar-refractivity contribution in [2.45, 2.75) is 26.7 Å². The Morgan fingerprint density at radius 1 is 1.17 bits per heavy atom. The van der Waals surface area contributed by atoms with Crippen molar-refractivity contribution >= 4 is 17.6 Å². The molecule has 7 nitrogen and oxygen atoms in total. The highest BCUT2D eigenvalue weighted by Crippen LogP contribution is 2.26. The van der Waals surface area contributed by atoms with Crippen molar-refractivity contribution in [3.05, 3.63) is 53.6 Å². The lowest BCUT2D eigenvalue weighted by Gasteiger charge is -2.30. The van der Waals surface area contributed by atoms with Gasteiger partial charge >= 0.3 is 6.01 Å². The number of aromatic nitrogens is 2. The van der Waals surface area contributed by atoms with E-state index >= 15 is 0 Å². The second-order valence-electron chi connectivity index (χ2n) is 7.70. The van der Waals surface area contributed by atoms with Gasteiger partial charge in [-0.15, -0.1) is 0 Å². The molecule has 0 saturated carbocycles. The summed E-state index contributed by atoms with van der Waals surface area (Å²) >= 11 is 0. The van der Waals surface area contributed by atoms with Crippen molar-refractivity contribution in [2.75, 3.05) is 30.4 Å². The molecule has 2 heterocycles. The number of anilines is 2. The Bertz CT molecular complexity index is 1030. The fourth-order valence-corrected chi connectivity index (χ4v) is 3.63. The largest absolute Gasteiger partial charge is 0.497 e. The molecule has 0 unspecified atom stereocenters. The second kappa shape index (κ2) is 8.57. The van der Waals surface area contributed by atoms with Crippen molar-refractivity contribution in [3.63, 3.8) is 0 Å². The van der Waals surface area contributed by atoms with E-state index in [0.29, 0.717) is 18.4 Å². The van der Waals surface area contributed by atoms with Gasteiger partial charge in [-0.1, -0.05) is 11.2 Å². The third-order valence-corrected chi connectivity index (χ3v) is 5.60. The third-order valence-electron chi connectivity index (χ3n) is 5.60. The zero-order valence-electron chi connectivity index (χ0n) is 17.5. The molecule has 2 aromatic carbocycles. The number of rotatable bonds is 5. The number of benzene rings is 2. The van der Waals surface area contributed by atoms with Gasteiger partial charge in [-0.2, -0.15) is 4.98 Å². The number of aryl methyl sites for hydroxylation is 2. The molecular formula is C23H26N4O3. The van der Waals surface area contributed by atoms with E-state index in [0.717, 1.165) is 42.0 Å². The number of hydrogen-bond donors (Lipinski definition) is 1. The fourth-order valence-electron chi connectivity index (χ4n) is 3.63. The van der Waals surface area contributed by atoms with E-state index in [9.17, 15) is 4.79 Å². The molecule has 1 amide bonds. The molecule has 4 rings (SSSR count). The molecule has 7 heteroatoms. The molecular weight excluding hydrogens is 380 g/mol. The Balaban J connectivity index is 1.42. The fraction of sp³-hybridized carbons (Fsp3) is 0.348. The van der Waals surface area contributed by atoms with E-state index in [1.54, 1.807) is 7.11 Å². The molecule has 0 bridgehead atoms. The van der Waals surface area contributed by atoms with Crippen LogP contribution in [0.3, 0.4) is 0 Å². The van der Waals surface area contributed by atoms with Crippen LogP contribution in [0.2, 0.25) is 0 Å². The van der Waals surface area contributed by atoms with Gasteiger partial charge in [-0.25, -0.2) is 0 Å². The highest BCUT2D eigenvalue weighted by Gasteiger charge is 2.28. The summed E-state index contributed by atoms with van der Waals surface area (Å²) < 4.78 is 10.7. The standard InChI is InChI=1S/C23H26N4O3/c1-15-6-9-19(13-16(15)2)24-22(28)18-5-4-12-27(14-18)23-25-21(26-30-23)17-7-10-20(29-3)11-8-17/h6-11,13,18H,4-5,12,14H2,1-3H3,(H,24,28)/t18-/m1/s1. The lowest BCUT2D eigenvalue weighted by Crippen LogP contribution is -2.41. The Kier molecular flexibility index (Phi) is 5.70. The van der Waals surface area contributed by atoms with Crippen LogP contribution in [-0.2, 0) is 4.79 Å². The van der Waals surface area contributed by atoms with Gasteiger partial charge in [0.2, 0.25) is 11.7 Å². The van der Waals surface area contributed by atoms with E-state index in [1.807, 2.05) is 54.3 Å². The van der Waals surface area contributed by atoms with Gasteiger partial charge < -0.3 is 19.5 Å². The molecule has 1 aromatic heterocycles. The first kappa shape index (κ1) is 19.9. The van der Waals surface area contributed by atoms with Gasteiger partial charge in [-0.3, -0.25) is 4.79 Å². The van der Waals surface area contributed by atoms with Crippen molar-refractivity contribution in [1.82, 2.24) is 10.1 Å². The summed E-state index contributed by atoms with van der Waals surface area (Å²) in [6.45, 7) is 5.45. The number of nitrogens with one attached hydrogen (secondary N) is 1. The average molecular weight is 406 g/mol. The number of ether oxygens (including phenoxy) is 1. The Labute approximate surface area is 176 Å². The highest BCUT2D eigenvalue weighted by molar-refractivity contribution is 5.93.